The number of ether oxygens (including phenoxy) is 1. The molecular weight excluding hydrogens is 322 g/mol. The number of aromatic nitrogens is 2. The molecule has 0 aliphatic rings. The van der Waals surface area contributed by atoms with Crippen molar-refractivity contribution in [2.24, 2.45) is 0 Å². The lowest BCUT2D eigenvalue weighted by molar-refractivity contribution is -0.384. The van der Waals surface area contributed by atoms with Gasteiger partial charge in [-0.3, -0.25) is 19.5 Å². The van der Waals surface area contributed by atoms with E-state index in [0.29, 0.717) is 18.7 Å². The molecule has 1 aromatic heterocycles. The van der Waals surface area contributed by atoms with Crippen LogP contribution in [0.25, 0.3) is 10.9 Å². The lowest BCUT2D eigenvalue weighted by Crippen LogP contribution is -2.23. The van der Waals surface area contributed by atoms with Gasteiger partial charge in [-0.2, -0.15) is 0 Å². The van der Waals surface area contributed by atoms with E-state index in [1.54, 1.807) is 0 Å². The number of rotatable bonds is 5. The lowest BCUT2D eigenvalue weighted by Gasteiger charge is -2.11. The van der Waals surface area contributed by atoms with Crippen molar-refractivity contribution in [3.8, 4) is 5.75 Å². The monoisotopic (exact) mass is 339 g/mol. The summed E-state index contributed by atoms with van der Waals surface area (Å²) < 4.78 is 7.15. The fraction of sp³-hybridized carbons (Fsp3) is 0.222. The van der Waals surface area contributed by atoms with Crippen molar-refractivity contribution in [1.29, 1.82) is 0 Å². The molecule has 0 saturated carbocycles. The molecule has 1 heterocycles. The molecule has 0 spiro atoms. The molecule has 7 nitrogen and oxygen atoms in total. The third-order valence-corrected chi connectivity index (χ3v) is 3.95. The van der Waals surface area contributed by atoms with Gasteiger partial charge in [0.1, 0.15) is 12.4 Å². The SMILES string of the molecule is Cc1ccc(C)c(OCCn2cnc3ccc([N+](=O)[O-])cc3c2=O)c1. The number of nitro benzene ring substituents is 1. The summed E-state index contributed by atoms with van der Waals surface area (Å²) in [7, 11) is 0. The van der Waals surface area contributed by atoms with Crippen LogP contribution in [0.1, 0.15) is 11.1 Å². The zero-order valence-electron chi connectivity index (χ0n) is 13.9. The van der Waals surface area contributed by atoms with E-state index < -0.39 is 4.92 Å². The second-order valence-electron chi connectivity index (χ2n) is 5.82. The summed E-state index contributed by atoms with van der Waals surface area (Å²) in [5.41, 5.74) is 2.10. The first-order chi connectivity index (χ1) is 12.0. The highest BCUT2D eigenvalue weighted by Crippen LogP contribution is 2.19. The second kappa shape index (κ2) is 6.72. The Morgan fingerprint density at radius 3 is 2.76 bits per heavy atom. The molecule has 3 aromatic rings. The summed E-state index contributed by atoms with van der Waals surface area (Å²) in [6.45, 7) is 4.54. The van der Waals surface area contributed by atoms with Crippen LogP contribution in [0.5, 0.6) is 5.75 Å². The highest BCUT2D eigenvalue weighted by atomic mass is 16.6. The summed E-state index contributed by atoms with van der Waals surface area (Å²) in [6.07, 6.45) is 1.43. The van der Waals surface area contributed by atoms with Crippen molar-refractivity contribution in [1.82, 2.24) is 9.55 Å². The smallest absolute Gasteiger partial charge is 0.270 e. The summed E-state index contributed by atoms with van der Waals surface area (Å²) in [5.74, 6) is 0.775. The first-order valence-electron chi connectivity index (χ1n) is 7.79. The Hall–Kier alpha value is -3.22. The van der Waals surface area contributed by atoms with Crippen molar-refractivity contribution >= 4 is 16.6 Å². The molecule has 0 saturated heterocycles. The van der Waals surface area contributed by atoms with E-state index >= 15 is 0 Å². The third-order valence-electron chi connectivity index (χ3n) is 3.95. The number of hydrogen-bond acceptors (Lipinski definition) is 5. The average Bonchev–Trinajstić information content (AvgIpc) is 2.59. The molecule has 0 bridgehead atoms. The van der Waals surface area contributed by atoms with Gasteiger partial charge in [-0.25, -0.2) is 4.98 Å². The fourth-order valence-corrected chi connectivity index (χ4v) is 2.54. The van der Waals surface area contributed by atoms with Gasteiger partial charge in [0, 0.05) is 12.1 Å². The van der Waals surface area contributed by atoms with Gasteiger partial charge in [-0.15, -0.1) is 0 Å². The molecule has 3 rings (SSSR count). The van der Waals surface area contributed by atoms with E-state index in [2.05, 4.69) is 4.98 Å². The average molecular weight is 339 g/mol. The van der Waals surface area contributed by atoms with E-state index in [0.717, 1.165) is 16.9 Å². The van der Waals surface area contributed by atoms with Gasteiger partial charge < -0.3 is 4.74 Å². The van der Waals surface area contributed by atoms with E-state index in [1.807, 2.05) is 32.0 Å². The van der Waals surface area contributed by atoms with E-state index in [-0.39, 0.29) is 16.6 Å². The van der Waals surface area contributed by atoms with Crippen molar-refractivity contribution in [2.45, 2.75) is 20.4 Å². The van der Waals surface area contributed by atoms with Crippen molar-refractivity contribution in [3.63, 3.8) is 0 Å². The maximum absolute atomic E-state index is 12.5. The number of nitrogens with zero attached hydrogens (tertiary/aromatic N) is 3. The highest BCUT2D eigenvalue weighted by molar-refractivity contribution is 5.79. The summed E-state index contributed by atoms with van der Waals surface area (Å²) >= 11 is 0. The Kier molecular flexibility index (Phi) is 4.47. The van der Waals surface area contributed by atoms with Crippen molar-refractivity contribution in [3.05, 3.63) is 74.3 Å². The molecule has 128 valence electrons. The van der Waals surface area contributed by atoms with Crippen LogP contribution in [0.4, 0.5) is 5.69 Å². The van der Waals surface area contributed by atoms with Gasteiger partial charge in [0.2, 0.25) is 0 Å². The number of benzene rings is 2. The fourth-order valence-electron chi connectivity index (χ4n) is 2.54. The molecule has 0 N–H and O–H groups in total. The quantitative estimate of drug-likeness (QED) is 0.527. The van der Waals surface area contributed by atoms with Gasteiger partial charge in [0.15, 0.2) is 0 Å². The second-order valence-corrected chi connectivity index (χ2v) is 5.82. The molecule has 0 aliphatic heterocycles. The molecule has 7 heteroatoms. The predicted molar refractivity (Wildman–Crippen MR) is 94.1 cm³/mol. The largest absolute Gasteiger partial charge is 0.491 e. The standard InChI is InChI=1S/C18H17N3O4/c1-12-3-4-13(2)17(9-12)25-8-7-20-11-19-16-6-5-14(21(23)24)10-15(16)18(20)22/h3-6,9-11H,7-8H2,1-2H3. The Balaban J connectivity index is 1.82. The zero-order chi connectivity index (χ0) is 18.0. The van der Waals surface area contributed by atoms with Gasteiger partial charge in [0.25, 0.3) is 11.2 Å². The molecular formula is C18H17N3O4. The highest BCUT2D eigenvalue weighted by Gasteiger charge is 2.11. The van der Waals surface area contributed by atoms with Crippen LogP contribution in [-0.2, 0) is 6.54 Å². The molecule has 25 heavy (non-hydrogen) atoms. The summed E-state index contributed by atoms with van der Waals surface area (Å²) in [6, 6.07) is 10.0. The Bertz CT molecular complexity index is 1010. The lowest BCUT2D eigenvalue weighted by atomic mass is 10.1. The maximum atomic E-state index is 12.5. The van der Waals surface area contributed by atoms with Gasteiger partial charge in [-0.1, -0.05) is 12.1 Å². The summed E-state index contributed by atoms with van der Waals surface area (Å²) in [4.78, 5) is 27.1. The summed E-state index contributed by atoms with van der Waals surface area (Å²) in [5, 5.41) is 11.1. The normalized spacial score (nSPS) is 10.8. The Morgan fingerprint density at radius 1 is 1.20 bits per heavy atom. The number of fused-ring (bicyclic) bond motifs is 1. The van der Waals surface area contributed by atoms with Crippen LogP contribution >= 0.6 is 0 Å². The van der Waals surface area contributed by atoms with Crippen LogP contribution in [0.2, 0.25) is 0 Å². The first kappa shape index (κ1) is 16.6. The number of nitro groups is 1. The molecule has 0 unspecified atom stereocenters. The van der Waals surface area contributed by atoms with Crippen LogP contribution in [-0.4, -0.2) is 21.1 Å². The van der Waals surface area contributed by atoms with Crippen molar-refractivity contribution in [2.75, 3.05) is 6.61 Å². The predicted octanol–water partition coefficient (Wildman–Crippen LogP) is 3.00. The van der Waals surface area contributed by atoms with Gasteiger partial charge >= 0.3 is 0 Å². The van der Waals surface area contributed by atoms with Crippen LogP contribution < -0.4 is 10.3 Å². The van der Waals surface area contributed by atoms with E-state index in [9.17, 15) is 14.9 Å². The van der Waals surface area contributed by atoms with Crippen LogP contribution in [0, 0.1) is 24.0 Å². The van der Waals surface area contributed by atoms with Crippen molar-refractivity contribution < 1.29 is 9.66 Å². The molecule has 0 amide bonds. The molecule has 0 atom stereocenters. The number of aryl methyl sites for hydroxylation is 2. The van der Waals surface area contributed by atoms with E-state index in [4.69, 9.17) is 4.74 Å². The minimum absolute atomic E-state index is 0.129. The van der Waals surface area contributed by atoms with E-state index in [1.165, 1.54) is 29.1 Å². The van der Waals surface area contributed by atoms with Crippen LogP contribution in [0.15, 0.2) is 47.5 Å². The number of non-ortho nitro benzene ring substituents is 1. The topological polar surface area (TPSA) is 87.3 Å². The molecule has 0 fully saturated rings. The molecule has 0 aliphatic carbocycles. The Morgan fingerprint density at radius 2 is 2.00 bits per heavy atom. The minimum Gasteiger partial charge on any atom is -0.491 e. The molecule has 2 aromatic carbocycles. The first-order valence-corrected chi connectivity index (χ1v) is 7.79. The molecule has 0 radical (unpaired) electrons. The number of hydrogen-bond donors (Lipinski definition) is 0. The van der Waals surface area contributed by atoms with Gasteiger partial charge in [-0.05, 0) is 37.1 Å². The van der Waals surface area contributed by atoms with Gasteiger partial charge in [0.05, 0.1) is 28.7 Å². The Labute approximate surface area is 143 Å². The third kappa shape index (κ3) is 3.50. The maximum Gasteiger partial charge on any atom is 0.270 e. The zero-order valence-corrected chi connectivity index (χ0v) is 13.9. The van der Waals surface area contributed by atoms with Crippen LogP contribution in [0.3, 0.4) is 0 Å². The minimum atomic E-state index is -0.528.